The lowest BCUT2D eigenvalue weighted by Gasteiger charge is -2.14. The quantitative estimate of drug-likeness (QED) is 0.449. The number of benzene rings is 3. The van der Waals surface area contributed by atoms with Crippen molar-refractivity contribution in [3.05, 3.63) is 76.6 Å². The van der Waals surface area contributed by atoms with Gasteiger partial charge in [0, 0.05) is 6.07 Å². The highest BCUT2D eigenvalue weighted by Crippen LogP contribution is 2.39. The summed E-state index contributed by atoms with van der Waals surface area (Å²) in [5, 5.41) is 1.62. The van der Waals surface area contributed by atoms with Crippen LogP contribution in [0.25, 0.3) is 21.7 Å². The van der Waals surface area contributed by atoms with E-state index in [4.69, 9.17) is 13.9 Å². The van der Waals surface area contributed by atoms with Crippen molar-refractivity contribution in [1.29, 1.82) is 0 Å². The number of ether oxygens (including phenoxy) is 2. The number of hydrogen-bond donors (Lipinski definition) is 0. The van der Waals surface area contributed by atoms with E-state index in [9.17, 15) is 18.0 Å². The SMILES string of the molecule is COc1ccc2c(=O)c(Oc3ccc4ccccc4c3)c(C(F)(F)F)oc2c1. The molecule has 1 heterocycles. The van der Waals surface area contributed by atoms with Crippen LogP contribution in [0.3, 0.4) is 0 Å². The topological polar surface area (TPSA) is 48.7 Å². The van der Waals surface area contributed by atoms with Gasteiger partial charge in [0.2, 0.25) is 11.2 Å². The Morgan fingerprint density at radius 3 is 2.32 bits per heavy atom. The van der Waals surface area contributed by atoms with E-state index in [0.29, 0.717) is 0 Å². The van der Waals surface area contributed by atoms with E-state index in [0.717, 1.165) is 10.8 Å². The molecule has 142 valence electrons. The van der Waals surface area contributed by atoms with Gasteiger partial charge in [0.05, 0.1) is 12.5 Å². The minimum Gasteiger partial charge on any atom is -0.497 e. The first-order valence-corrected chi connectivity index (χ1v) is 8.25. The van der Waals surface area contributed by atoms with Crippen LogP contribution < -0.4 is 14.9 Å². The summed E-state index contributed by atoms with van der Waals surface area (Å²) in [7, 11) is 1.36. The van der Waals surface area contributed by atoms with Crippen molar-refractivity contribution in [3.8, 4) is 17.2 Å². The fraction of sp³-hybridized carbons (Fsp3) is 0.0952. The van der Waals surface area contributed by atoms with Crippen LogP contribution >= 0.6 is 0 Å². The molecule has 28 heavy (non-hydrogen) atoms. The molecule has 4 rings (SSSR count). The van der Waals surface area contributed by atoms with Gasteiger partial charge < -0.3 is 13.9 Å². The zero-order chi connectivity index (χ0) is 19.9. The molecule has 1 aromatic heterocycles. The summed E-state index contributed by atoms with van der Waals surface area (Å²) in [5.74, 6) is -2.02. The molecule has 7 heteroatoms. The number of alkyl halides is 3. The van der Waals surface area contributed by atoms with Crippen molar-refractivity contribution in [2.45, 2.75) is 6.18 Å². The van der Waals surface area contributed by atoms with Gasteiger partial charge >= 0.3 is 6.18 Å². The number of hydrogen-bond acceptors (Lipinski definition) is 4. The van der Waals surface area contributed by atoms with E-state index in [2.05, 4.69) is 0 Å². The summed E-state index contributed by atoms with van der Waals surface area (Å²) in [6.45, 7) is 0. The molecule has 0 atom stereocenters. The van der Waals surface area contributed by atoms with Crippen LogP contribution in [0.1, 0.15) is 5.76 Å². The van der Waals surface area contributed by atoms with Gasteiger partial charge in [-0.1, -0.05) is 30.3 Å². The Bertz CT molecular complexity index is 1240. The standard InChI is InChI=1S/C21H13F3O4/c1-26-14-8-9-16-17(11-14)28-20(21(22,23)24)19(18(16)25)27-15-7-6-12-4-2-3-5-13(12)10-15/h2-11H,1H3. The van der Waals surface area contributed by atoms with Gasteiger partial charge in [-0.3, -0.25) is 4.79 Å². The Morgan fingerprint density at radius 1 is 0.893 bits per heavy atom. The molecule has 4 aromatic rings. The van der Waals surface area contributed by atoms with Crippen LogP contribution in [0.4, 0.5) is 13.2 Å². The van der Waals surface area contributed by atoms with Crippen LogP contribution in [-0.4, -0.2) is 7.11 Å². The molecule has 0 bridgehead atoms. The fourth-order valence-corrected chi connectivity index (χ4v) is 2.91. The molecular weight excluding hydrogens is 373 g/mol. The summed E-state index contributed by atoms with van der Waals surface area (Å²) in [5.41, 5.74) is -1.15. The first kappa shape index (κ1) is 17.9. The van der Waals surface area contributed by atoms with Crippen LogP contribution in [-0.2, 0) is 6.18 Å². The third-order valence-corrected chi connectivity index (χ3v) is 4.26. The average molecular weight is 386 g/mol. The Kier molecular flexibility index (Phi) is 4.22. The number of fused-ring (bicyclic) bond motifs is 2. The van der Waals surface area contributed by atoms with Gasteiger partial charge in [0.15, 0.2) is 0 Å². The first-order chi connectivity index (χ1) is 13.4. The molecule has 4 nitrogen and oxygen atoms in total. The molecule has 0 aliphatic heterocycles. The maximum Gasteiger partial charge on any atom is 0.453 e. The molecule has 0 aliphatic rings. The molecule has 0 N–H and O–H groups in total. The molecular formula is C21H13F3O4. The Balaban J connectivity index is 1.90. The van der Waals surface area contributed by atoms with Gasteiger partial charge in [-0.15, -0.1) is 0 Å². The summed E-state index contributed by atoms with van der Waals surface area (Å²) in [6, 6.07) is 16.1. The number of halogens is 3. The lowest BCUT2D eigenvalue weighted by atomic mass is 10.1. The van der Waals surface area contributed by atoms with Crippen molar-refractivity contribution in [2.75, 3.05) is 7.11 Å². The van der Waals surface area contributed by atoms with E-state index >= 15 is 0 Å². The van der Waals surface area contributed by atoms with Crippen molar-refractivity contribution in [3.63, 3.8) is 0 Å². The van der Waals surface area contributed by atoms with Gasteiger partial charge in [0.25, 0.3) is 5.76 Å². The highest BCUT2D eigenvalue weighted by molar-refractivity contribution is 5.84. The largest absolute Gasteiger partial charge is 0.497 e. The minimum atomic E-state index is -4.91. The van der Waals surface area contributed by atoms with Crippen LogP contribution in [0, 0.1) is 0 Å². The van der Waals surface area contributed by atoms with Crippen molar-refractivity contribution < 1.29 is 27.1 Å². The molecule has 0 unspecified atom stereocenters. The van der Waals surface area contributed by atoms with E-state index in [1.807, 2.05) is 12.1 Å². The normalized spacial score (nSPS) is 11.7. The Morgan fingerprint density at radius 2 is 1.61 bits per heavy atom. The van der Waals surface area contributed by atoms with E-state index in [1.54, 1.807) is 24.3 Å². The average Bonchev–Trinajstić information content (AvgIpc) is 2.68. The molecule has 0 saturated heterocycles. The molecule has 0 radical (unpaired) electrons. The fourth-order valence-electron chi connectivity index (χ4n) is 2.91. The summed E-state index contributed by atoms with van der Waals surface area (Å²) < 4.78 is 56.0. The predicted octanol–water partition coefficient (Wildman–Crippen LogP) is 5.77. The van der Waals surface area contributed by atoms with Gasteiger partial charge in [0.1, 0.15) is 17.1 Å². The molecule has 0 aliphatic carbocycles. The van der Waals surface area contributed by atoms with E-state index < -0.39 is 23.1 Å². The van der Waals surface area contributed by atoms with Crippen molar-refractivity contribution in [1.82, 2.24) is 0 Å². The molecule has 0 fully saturated rings. The van der Waals surface area contributed by atoms with Crippen LogP contribution in [0.5, 0.6) is 17.2 Å². The summed E-state index contributed by atoms with van der Waals surface area (Å²) in [4.78, 5) is 12.7. The molecule has 3 aromatic carbocycles. The highest BCUT2D eigenvalue weighted by Gasteiger charge is 2.40. The van der Waals surface area contributed by atoms with Crippen LogP contribution in [0.15, 0.2) is 69.9 Å². The van der Waals surface area contributed by atoms with E-state index in [-0.39, 0.29) is 22.5 Å². The highest BCUT2D eigenvalue weighted by atomic mass is 19.4. The number of methoxy groups -OCH3 is 1. The smallest absolute Gasteiger partial charge is 0.453 e. The monoisotopic (exact) mass is 386 g/mol. The van der Waals surface area contributed by atoms with Gasteiger partial charge in [-0.2, -0.15) is 13.2 Å². The minimum absolute atomic E-state index is 0.0374. The third kappa shape index (κ3) is 3.15. The second-order valence-electron chi connectivity index (χ2n) is 6.06. The first-order valence-electron chi connectivity index (χ1n) is 8.25. The Labute approximate surface area is 156 Å². The lowest BCUT2D eigenvalue weighted by Crippen LogP contribution is -2.15. The molecule has 0 saturated carbocycles. The zero-order valence-electron chi connectivity index (χ0n) is 14.5. The second-order valence-corrected chi connectivity index (χ2v) is 6.06. The number of rotatable bonds is 3. The molecule has 0 amide bonds. The third-order valence-electron chi connectivity index (χ3n) is 4.26. The van der Waals surface area contributed by atoms with Crippen LogP contribution in [0.2, 0.25) is 0 Å². The maximum atomic E-state index is 13.6. The predicted molar refractivity (Wildman–Crippen MR) is 98.1 cm³/mol. The second kappa shape index (κ2) is 6.60. The van der Waals surface area contributed by atoms with Crippen molar-refractivity contribution in [2.24, 2.45) is 0 Å². The van der Waals surface area contributed by atoms with Gasteiger partial charge in [-0.05, 0) is 35.0 Å². The molecule has 0 spiro atoms. The lowest BCUT2D eigenvalue weighted by molar-refractivity contribution is -0.154. The zero-order valence-corrected chi connectivity index (χ0v) is 14.5. The maximum absolute atomic E-state index is 13.6. The Hall–Kier alpha value is -3.48. The summed E-state index contributed by atoms with van der Waals surface area (Å²) >= 11 is 0. The van der Waals surface area contributed by atoms with E-state index in [1.165, 1.54) is 31.4 Å². The van der Waals surface area contributed by atoms with Crippen molar-refractivity contribution >= 4 is 21.7 Å². The summed E-state index contributed by atoms with van der Waals surface area (Å²) in [6.07, 6.45) is -4.91. The van der Waals surface area contributed by atoms with Gasteiger partial charge in [-0.25, -0.2) is 0 Å².